The third-order valence-electron chi connectivity index (χ3n) is 3.20. The Bertz CT molecular complexity index is 813. The molecule has 4 nitrogen and oxygen atoms in total. The van der Waals surface area contributed by atoms with Gasteiger partial charge in [0, 0.05) is 16.8 Å². The molecule has 0 atom stereocenters. The zero-order chi connectivity index (χ0) is 14.7. The summed E-state index contributed by atoms with van der Waals surface area (Å²) in [4.78, 5) is 0. The summed E-state index contributed by atoms with van der Waals surface area (Å²) in [5, 5.41) is 20.0. The van der Waals surface area contributed by atoms with E-state index in [1.54, 1.807) is 19.2 Å². The van der Waals surface area contributed by atoms with Crippen molar-refractivity contribution in [1.82, 2.24) is 0 Å². The van der Waals surface area contributed by atoms with E-state index in [1.807, 2.05) is 48.5 Å². The van der Waals surface area contributed by atoms with Crippen molar-refractivity contribution in [2.45, 2.75) is 0 Å². The van der Waals surface area contributed by atoms with Crippen LogP contribution in [0, 0.1) is 0 Å². The van der Waals surface area contributed by atoms with Crippen LogP contribution in [-0.2, 0) is 0 Å². The van der Waals surface area contributed by atoms with Crippen LogP contribution in [0.25, 0.3) is 10.8 Å². The van der Waals surface area contributed by atoms with Crippen molar-refractivity contribution in [3.05, 3.63) is 60.7 Å². The number of hydrogen-bond acceptors (Lipinski definition) is 4. The van der Waals surface area contributed by atoms with Gasteiger partial charge in [-0.3, -0.25) is 0 Å². The third kappa shape index (κ3) is 2.69. The van der Waals surface area contributed by atoms with Crippen LogP contribution in [0.15, 0.2) is 70.9 Å². The van der Waals surface area contributed by atoms with E-state index in [0.29, 0.717) is 11.4 Å². The van der Waals surface area contributed by atoms with Crippen LogP contribution < -0.4 is 4.74 Å². The number of azo groups is 1. The van der Waals surface area contributed by atoms with Crippen LogP contribution in [-0.4, -0.2) is 12.2 Å². The number of phenolic OH excluding ortho intramolecular Hbond substituents is 1. The van der Waals surface area contributed by atoms with Gasteiger partial charge in [-0.2, -0.15) is 5.11 Å². The molecule has 104 valence electrons. The minimum atomic E-state index is 0.242. The molecule has 0 aromatic heterocycles. The van der Waals surface area contributed by atoms with Gasteiger partial charge in [0.1, 0.15) is 11.5 Å². The normalized spacial score (nSPS) is 11.1. The van der Waals surface area contributed by atoms with E-state index >= 15 is 0 Å². The highest BCUT2D eigenvalue weighted by Crippen LogP contribution is 2.33. The first-order valence-corrected chi connectivity index (χ1v) is 6.54. The molecule has 0 radical (unpaired) electrons. The lowest BCUT2D eigenvalue weighted by molar-refractivity contribution is 0.415. The molecular weight excluding hydrogens is 264 g/mol. The molecule has 0 aliphatic heterocycles. The van der Waals surface area contributed by atoms with Gasteiger partial charge in [0.05, 0.1) is 18.5 Å². The molecule has 0 aliphatic rings. The van der Waals surface area contributed by atoms with E-state index in [9.17, 15) is 5.11 Å². The lowest BCUT2D eigenvalue weighted by Gasteiger charge is -2.03. The Morgan fingerprint density at radius 2 is 1.67 bits per heavy atom. The number of benzene rings is 3. The van der Waals surface area contributed by atoms with E-state index in [4.69, 9.17) is 4.74 Å². The molecular formula is C17H14N2O2. The van der Waals surface area contributed by atoms with Gasteiger partial charge in [0.2, 0.25) is 0 Å². The van der Waals surface area contributed by atoms with Gasteiger partial charge in [-0.15, -0.1) is 5.11 Å². The smallest absolute Gasteiger partial charge is 0.123 e. The van der Waals surface area contributed by atoms with E-state index < -0.39 is 0 Å². The zero-order valence-electron chi connectivity index (χ0n) is 11.5. The minimum Gasteiger partial charge on any atom is -0.507 e. The summed E-state index contributed by atoms with van der Waals surface area (Å²) in [6.45, 7) is 0. The monoisotopic (exact) mass is 278 g/mol. The Hall–Kier alpha value is -2.88. The fourth-order valence-corrected chi connectivity index (χ4v) is 2.14. The molecule has 0 saturated heterocycles. The van der Waals surface area contributed by atoms with Crippen LogP contribution in [0.3, 0.4) is 0 Å². The number of fused-ring (bicyclic) bond motifs is 1. The quantitative estimate of drug-likeness (QED) is 0.688. The SMILES string of the molecule is COc1cccc(N=Nc2ccc(O)c3ccccc23)c1. The standard InChI is InChI=1S/C17H14N2O2/c1-21-13-6-4-5-12(11-13)18-19-16-9-10-17(20)15-8-3-2-7-14(15)16/h2-11,20H,1H3. The van der Waals surface area contributed by atoms with E-state index in [2.05, 4.69) is 10.2 Å². The van der Waals surface area contributed by atoms with Crippen LogP contribution in [0.4, 0.5) is 11.4 Å². The largest absolute Gasteiger partial charge is 0.507 e. The predicted molar refractivity (Wildman–Crippen MR) is 82.8 cm³/mol. The average Bonchev–Trinajstić information content (AvgIpc) is 2.55. The zero-order valence-corrected chi connectivity index (χ0v) is 11.5. The second-order valence-corrected chi connectivity index (χ2v) is 4.55. The minimum absolute atomic E-state index is 0.242. The van der Waals surface area contributed by atoms with Gasteiger partial charge >= 0.3 is 0 Å². The van der Waals surface area contributed by atoms with Crippen molar-refractivity contribution in [2.24, 2.45) is 10.2 Å². The highest BCUT2D eigenvalue weighted by atomic mass is 16.5. The fraction of sp³-hybridized carbons (Fsp3) is 0.0588. The molecule has 3 aromatic carbocycles. The first kappa shape index (κ1) is 13.1. The Labute approximate surface area is 122 Å². The van der Waals surface area contributed by atoms with Gasteiger partial charge in [0.15, 0.2) is 0 Å². The highest BCUT2D eigenvalue weighted by molar-refractivity contribution is 5.96. The fourth-order valence-electron chi connectivity index (χ4n) is 2.14. The molecule has 0 aliphatic carbocycles. The molecule has 3 rings (SSSR count). The maximum absolute atomic E-state index is 9.86. The summed E-state index contributed by atoms with van der Waals surface area (Å²) >= 11 is 0. The molecule has 0 heterocycles. The van der Waals surface area contributed by atoms with Crippen molar-refractivity contribution in [3.63, 3.8) is 0 Å². The van der Waals surface area contributed by atoms with Gasteiger partial charge in [0.25, 0.3) is 0 Å². The molecule has 1 N–H and O–H groups in total. The lowest BCUT2D eigenvalue weighted by atomic mass is 10.1. The Morgan fingerprint density at radius 3 is 2.48 bits per heavy atom. The summed E-state index contributed by atoms with van der Waals surface area (Å²) in [6, 6.07) is 18.3. The van der Waals surface area contributed by atoms with E-state index in [0.717, 1.165) is 16.5 Å². The summed E-state index contributed by atoms with van der Waals surface area (Å²) in [5.41, 5.74) is 1.43. The number of nitrogens with zero attached hydrogens (tertiary/aromatic N) is 2. The first-order valence-electron chi connectivity index (χ1n) is 6.54. The third-order valence-corrected chi connectivity index (χ3v) is 3.20. The second-order valence-electron chi connectivity index (χ2n) is 4.55. The van der Waals surface area contributed by atoms with E-state index in [-0.39, 0.29) is 5.75 Å². The van der Waals surface area contributed by atoms with E-state index in [1.165, 1.54) is 0 Å². The Morgan fingerprint density at radius 1 is 0.857 bits per heavy atom. The number of methoxy groups -OCH3 is 1. The van der Waals surface area contributed by atoms with Crippen molar-refractivity contribution >= 4 is 22.1 Å². The molecule has 0 saturated carbocycles. The topological polar surface area (TPSA) is 54.2 Å². The van der Waals surface area contributed by atoms with Crippen LogP contribution in [0.2, 0.25) is 0 Å². The lowest BCUT2D eigenvalue weighted by Crippen LogP contribution is -1.80. The summed E-state index contributed by atoms with van der Waals surface area (Å²) in [5.74, 6) is 0.980. The number of phenols is 1. The second kappa shape index (κ2) is 5.63. The molecule has 3 aromatic rings. The van der Waals surface area contributed by atoms with Crippen LogP contribution in [0.5, 0.6) is 11.5 Å². The van der Waals surface area contributed by atoms with Crippen molar-refractivity contribution in [1.29, 1.82) is 0 Å². The summed E-state index contributed by atoms with van der Waals surface area (Å²) in [6.07, 6.45) is 0. The molecule has 21 heavy (non-hydrogen) atoms. The summed E-state index contributed by atoms with van der Waals surface area (Å²) < 4.78 is 5.16. The maximum atomic E-state index is 9.86. The van der Waals surface area contributed by atoms with Gasteiger partial charge in [-0.1, -0.05) is 30.3 Å². The van der Waals surface area contributed by atoms with Crippen LogP contribution >= 0.6 is 0 Å². The van der Waals surface area contributed by atoms with Gasteiger partial charge in [-0.05, 0) is 24.3 Å². The number of aromatic hydroxyl groups is 1. The van der Waals surface area contributed by atoms with Crippen LogP contribution in [0.1, 0.15) is 0 Å². The maximum Gasteiger partial charge on any atom is 0.123 e. The molecule has 0 spiro atoms. The van der Waals surface area contributed by atoms with Gasteiger partial charge in [-0.25, -0.2) is 0 Å². The molecule has 0 fully saturated rings. The summed E-state index contributed by atoms with van der Waals surface area (Å²) in [7, 11) is 1.61. The Kier molecular flexibility index (Phi) is 3.51. The number of hydrogen-bond donors (Lipinski definition) is 1. The molecule has 0 unspecified atom stereocenters. The first-order chi connectivity index (χ1) is 10.3. The van der Waals surface area contributed by atoms with Crippen molar-refractivity contribution in [3.8, 4) is 11.5 Å². The molecule has 0 bridgehead atoms. The van der Waals surface area contributed by atoms with Gasteiger partial charge < -0.3 is 9.84 Å². The highest BCUT2D eigenvalue weighted by Gasteiger charge is 2.03. The molecule has 4 heteroatoms. The van der Waals surface area contributed by atoms with Crippen molar-refractivity contribution in [2.75, 3.05) is 7.11 Å². The van der Waals surface area contributed by atoms with Crippen molar-refractivity contribution < 1.29 is 9.84 Å². The number of rotatable bonds is 3. The Balaban J connectivity index is 2.01. The molecule has 0 amide bonds. The number of ether oxygens (including phenoxy) is 1. The predicted octanol–water partition coefficient (Wildman–Crippen LogP) is 4.97. The average molecular weight is 278 g/mol.